The minimum Gasteiger partial charge on any atom is -0.309 e. The molecule has 3 aromatic rings. The van der Waals surface area contributed by atoms with E-state index < -0.39 is 11.6 Å². The number of benzene rings is 2. The fraction of sp³-hybridized carbons (Fsp3) is 0.333. The first-order chi connectivity index (χ1) is 13.3. The summed E-state index contributed by atoms with van der Waals surface area (Å²) >= 11 is 1.43. The van der Waals surface area contributed by atoms with Crippen molar-refractivity contribution in [2.24, 2.45) is 0 Å². The number of halogens is 3. The van der Waals surface area contributed by atoms with Gasteiger partial charge in [0.05, 0.1) is 10.2 Å². The lowest BCUT2D eigenvalue weighted by Crippen LogP contribution is -2.33. The van der Waals surface area contributed by atoms with Crippen LogP contribution in [-0.4, -0.2) is 43.0 Å². The van der Waals surface area contributed by atoms with Gasteiger partial charge in [0.25, 0.3) is 5.91 Å². The van der Waals surface area contributed by atoms with E-state index in [1.165, 1.54) is 17.4 Å². The number of hydrogen-bond donors (Lipinski definition) is 0. The maximum atomic E-state index is 13.7. The van der Waals surface area contributed by atoms with Crippen LogP contribution >= 0.6 is 23.7 Å². The summed E-state index contributed by atoms with van der Waals surface area (Å²) in [6.45, 7) is 5.27. The molecule has 1 aromatic heterocycles. The molecule has 0 N–H and O–H groups in total. The summed E-state index contributed by atoms with van der Waals surface area (Å²) in [6.07, 6.45) is 0.732. The number of hydrogen-bond acceptors (Lipinski definition) is 4. The lowest BCUT2D eigenvalue weighted by atomic mass is 10.1. The number of carbonyl (C=O) groups excluding carboxylic acids is 1. The highest BCUT2D eigenvalue weighted by Gasteiger charge is 2.22. The second-order valence-corrected chi connectivity index (χ2v) is 8.10. The highest BCUT2D eigenvalue weighted by molar-refractivity contribution is 7.22. The van der Waals surface area contributed by atoms with Crippen LogP contribution in [0.2, 0.25) is 0 Å². The molecular formula is C21H24ClF2N3OS. The van der Waals surface area contributed by atoms with E-state index in [-0.39, 0.29) is 23.9 Å². The van der Waals surface area contributed by atoms with Crippen LogP contribution < -0.4 is 4.90 Å². The minimum atomic E-state index is -1.03. The molecule has 29 heavy (non-hydrogen) atoms. The summed E-state index contributed by atoms with van der Waals surface area (Å²) in [5.41, 5.74) is 3.19. The lowest BCUT2D eigenvalue weighted by Gasteiger charge is -2.21. The van der Waals surface area contributed by atoms with Crippen LogP contribution in [0.15, 0.2) is 30.3 Å². The first kappa shape index (κ1) is 23.2. The van der Waals surface area contributed by atoms with E-state index in [1.807, 2.05) is 45.0 Å². The van der Waals surface area contributed by atoms with Gasteiger partial charge in [0, 0.05) is 12.1 Å². The SMILES string of the molecule is Cc1ccc2sc(N(CCCN(C)C)C(=O)c3ccc(F)c(F)c3)nc2c1C.Cl. The van der Waals surface area contributed by atoms with Crippen molar-refractivity contribution in [3.05, 3.63) is 58.7 Å². The number of fused-ring (bicyclic) bond motifs is 1. The van der Waals surface area contributed by atoms with Crippen molar-refractivity contribution in [1.29, 1.82) is 0 Å². The third-order valence-corrected chi connectivity index (χ3v) is 5.75. The second-order valence-electron chi connectivity index (χ2n) is 7.09. The van der Waals surface area contributed by atoms with Crippen LogP contribution in [0.3, 0.4) is 0 Å². The van der Waals surface area contributed by atoms with Gasteiger partial charge in [-0.25, -0.2) is 13.8 Å². The first-order valence-electron chi connectivity index (χ1n) is 9.06. The summed E-state index contributed by atoms with van der Waals surface area (Å²) in [5, 5.41) is 0.567. The fourth-order valence-corrected chi connectivity index (χ4v) is 3.99. The number of aromatic nitrogens is 1. The van der Waals surface area contributed by atoms with E-state index in [0.717, 1.165) is 46.4 Å². The Kier molecular flexibility index (Phi) is 7.68. The molecule has 0 aliphatic heterocycles. The average Bonchev–Trinajstić information content (AvgIpc) is 3.08. The van der Waals surface area contributed by atoms with Gasteiger partial charge in [-0.1, -0.05) is 17.4 Å². The van der Waals surface area contributed by atoms with E-state index >= 15 is 0 Å². The molecular weight excluding hydrogens is 416 g/mol. The zero-order valence-electron chi connectivity index (χ0n) is 16.8. The molecule has 0 aliphatic rings. The number of nitrogens with zero attached hydrogens (tertiary/aromatic N) is 3. The molecule has 0 fully saturated rings. The summed E-state index contributed by atoms with van der Waals surface area (Å²) in [5.74, 6) is -2.39. The lowest BCUT2D eigenvalue weighted by molar-refractivity contribution is 0.0985. The van der Waals surface area contributed by atoms with Crippen molar-refractivity contribution in [2.45, 2.75) is 20.3 Å². The highest BCUT2D eigenvalue weighted by Crippen LogP contribution is 2.32. The van der Waals surface area contributed by atoms with E-state index in [4.69, 9.17) is 4.98 Å². The molecule has 0 atom stereocenters. The summed E-state index contributed by atoms with van der Waals surface area (Å²) in [7, 11) is 3.93. The van der Waals surface area contributed by atoms with E-state index in [2.05, 4.69) is 0 Å². The second kappa shape index (κ2) is 9.61. The standard InChI is InChI=1S/C21H23F2N3OS.ClH/c1-13-6-9-18-19(14(13)2)24-21(28-18)26(11-5-10-25(3)4)20(27)15-7-8-16(22)17(23)12-15;/h6-9,12H,5,10-11H2,1-4H3;1H. The molecule has 8 heteroatoms. The number of anilines is 1. The Bertz CT molecular complexity index is 1020. The quantitative estimate of drug-likeness (QED) is 0.529. The van der Waals surface area contributed by atoms with Crippen molar-refractivity contribution in [2.75, 3.05) is 32.1 Å². The molecule has 0 spiro atoms. The van der Waals surface area contributed by atoms with Gasteiger partial charge in [0.2, 0.25) is 0 Å². The largest absolute Gasteiger partial charge is 0.309 e. The Morgan fingerprint density at radius 3 is 2.45 bits per heavy atom. The number of amides is 1. The molecule has 1 heterocycles. The van der Waals surface area contributed by atoms with Crippen LogP contribution in [0.5, 0.6) is 0 Å². The van der Waals surface area contributed by atoms with Crippen LogP contribution in [0, 0.1) is 25.5 Å². The predicted octanol–water partition coefficient (Wildman–Crippen LogP) is 5.21. The van der Waals surface area contributed by atoms with Crippen molar-refractivity contribution in [3.8, 4) is 0 Å². The Balaban J connectivity index is 0.00000300. The number of rotatable bonds is 6. The highest BCUT2D eigenvalue weighted by atomic mass is 35.5. The molecule has 2 aromatic carbocycles. The van der Waals surface area contributed by atoms with Gasteiger partial charge >= 0.3 is 0 Å². The zero-order chi connectivity index (χ0) is 20.4. The van der Waals surface area contributed by atoms with Gasteiger partial charge < -0.3 is 4.90 Å². The van der Waals surface area contributed by atoms with Gasteiger partial charge in [0.15, 0.2) is 16.8 Å². The molecule has 0 saturated heterocycles. The van der Waals surface area contributed by atoms with Crippen molar-refractivity contribution in [1.82, 2.24) is 9.88 Å². The topological polar surface area (TPSA) is 36.4 Å². The monoisotopic (exact) mass is 439 g/mol. The fourth-order valence-electron chi connectivity index (χ4n) is 2.94. The molecule has 156 valence electrons. The minimum absolute atomic E-state index is 0. The molecule has 1 amide bonds. The summed E-state index contributed by atoms with van der Waals surface area (Å²) in [4.78, 5) is 21.4. The van der Waals surface area contributed by atoms with Crippen LogP contribution in [0.4, 0.5) is 13.9 Å². The molecule has 3 rings (SSSR count). The number of aryl methyl sites for hydroxylation is 2. The zero-order valence-corrected chi connectivity index (χ0v) is 18.5. The van der Waals surface area contributed by atoms with E-state index in [1.54, 1.807) is 4.90 Å². The third-order valence-electron chi connectivity index (χ3n) is 4.70. The van der Waals surface area contributed by atoms with Gasteiger partial charge in [-0.15, -0.1) is 12.4 Å². The summed E-state index contributed by atoms with van der Waals surface area (Å²) < 4.78 is 27.9. The Morgan fingerprint density at radius 1 is 1.07 bits per heavy atom. The molecule has 4 nitrogen and oxygen atoms in total. The molecule has 0 saturated carbocycles. The Hall–Kier alpha value is -2.09. The average molecular weight is 440 g/mol. The molecule has 0 aliphatic carbocycles. The first-order valence-corrected chi connectivity index (χ1v) is 9.88. The number of thiazole rings is 1. The smallest absolute Gasteiger partial charge is 0.260 e. The molecule has 0 unspecified atom stereocenters. The van der Waals surface area contributed by atoms with Crippen LogP contribution in [-0.2, 0) is 0 Å². The molecule has 0 radical (unpaired) electrons. The Morgan fingerprint density at radius 2 is 1.79 bits per heavy atom. The molecule has 0 bridgehead atoms. The van der Waals surface area contributed by atoms with E-state index in [0.29, 0.717) is 11.7 Å². The third kappa shape index (κ3) is 5.10. The van der Waals surface area contributed by atoms with Crippen LogP contribution in [0.1, 0.15) is 27.9 Å². The van der Waals surface area contributed by atoms with Gasteiger partial charge in [0.1, 0.15) is 0 Å². The maximum absolute atomic E-state index is 13.7. The Labute approximate surface area is 179 Å². The van der Waals surface area contributed by atoms with Gasteiger partial charge in [-0.2, -0.15) is 0 Å². The van der Waals surface area contributed by atoms with E-state index in [9.17, 15) is 13.6 Å². The van der Waals surface area contributed by atoms with Gasteiger partial charge in [-0.05, 0) is 76.3 Å². The van der Waals surface area contributed by atoms with Crippen molar-refractivity contribution >= 4 is 45.0 Å². The van der Waals surface area contributed by atoms with Crippen molar-refractivity contribution < 1.29 is 13.6 Å². The predicted molar refractivity (Wildman–Crippen MR) is 118 cm³/mol. The number of carbonyl (C=O) groups is 1. The van der Waals surface area contributed by atoms with Crippen LogP contribution in [0.25, 0.3) is 10.2 Å². The normalized spacial score (nSPS) is 11.0. The summed E-state index contributed by atoms with van der Waals surface area (Å²) in [6, 6.07) is 7.26. The maximum Gasteiger partial charge on any atom is 0.260 e. The van der Waals surface area contributed by atoms with Gasteiger partial charge in [-0.3, -0.25) is 9.69 Å². The van der Waals surface area contributed by atoms with Crippen molar-refractivity contribution in [3.63, 3.8) is 0 Å².